The molecule has 1 saturated heterocycles. The van der Waals surface area contributed by atoms with Crippen molar-refractivity contribution in [1.29, 1.82) is 0 Å². The number of anilines is 2. The Hall–Kier alpha value is -4.03. The number of rotatable bonds is 4. The molecule has 0 atom stereocenters. The lowest BCUT2D eigenvalue weighted by Gasteiger charge is -2.30. The SMILES string of the molecule is COc1c(C#Cc2ccc(NS(C)(=O)=O)c3ccccc23)cc(N2CCC(=O)NC2=O)cc1C(C)(C)C. The fourth-order valence-electron chi connectivity index (χ4n) is 4.28. The largest absolute Gasteiger partial charge is 0.495 e. The summed E-state index contributed by atoms with van der Waals surface area (Å²) in [5.74, 6) is 6.74. The van der Waals surface area contributed by atoms with Gasteiger partial charge in [0.05, 0.1) is 24.6 Å². The molecular weight excluding hydrogens is 490 g/mol. The number of hydrogen-bond donors (Lipinski definition) is 2. The normalized spacial score (nSPS) is 14.1. The summed E-state index contributed by atoms with van der Waals surface area (Å²) in [6.07, 6.45) is 1.32. The maximum atomic E-state index is 12.6. The van der Waals surface area contributed by atoms with Gasteiger partial charge in [-0.25, -0.2) is 13.2 Å². The van der Waals surface area contributed by atoms with Gasteiger partial charge in [-0.3, -0.25) is 19.7 Å². The van der Waals surface area contributed by atoms with E-state index in [2.05, 4.69) is 21.9 Å². The van der Waals surface area contributed by atoms with E-state index in [9.17, 15) is 18.0 Å². The zero-order valence-corrected chi connectivity index (χ0v) is 22.2. The number of imide groups is 1. The van der Waals surface area contributed by atoms with Gasteiger partial charge >= 0.3 is 6.03 Å². The summed E-state index contributed by atoms with van der Waals surface area (Å²) < 4.78 is 32.0. The van der Waals surface area contributed by atoms with Gasteiger partial charge in [-0.15, -0.1) is 0 Å². The van der Waals surface area contributed by atoms with Crippen LogP contribution in [-0.2, 0) is 20.2 Å². The molecule has 0 bridgehead atoms. The van der Waals surface area contributed by atoms with Crippen molar-refractivity contribution in [3.63, 3.8) is 0 Å². The molecule has 1 heterocycles. The van der Waals surface area contributed by atoms with Gasteiger partial charge in [0, 0.05) is 35.2 Å². The number of hydrogen-bond acceptors (Lipinski definition) is 5. The average Bonchev–Trinajstić information content (AvgIpc) is 2.81. The van der Waals surface area contributed by atoms with Crippen LogP contribution in [0.5, 0.6) is 5.75 Å². The quantitative estimate of drug-likeness (QED) is 0.499. The van der Waals surface area contributed by atoms with Crippen LogP contribution in [-0.4, -0.2) is 40.3 Å². The first kappa shape index (κ1) is 26.0. The number of sulfonamides is 1. The van der Waals surface area contributed by atoms with Crippen LogP contribution in [0.2, 0.25) is 0 Å². The molecule has 192 valence electrons. The van der Waals surface area contributed by atoms with Crippen molar-refractivity contribution < 1.29 is 22.7 Å². The third-order valence-corrected chi connectivity index (χ3v) is 6.59. The predicted molar refractivity (Wildman–Crippen MR) is 146 cm³/mol. The van der Waals surface area contributed by atoms with Crippen LogP contribution in [0.25, 0.3) is 10.8 Å². The van der Waals surface area contributed by atoms with Crippen molar-refractivity contribution in [2.24, 2.45) is 0 Å². The van der Waals surface area contributed by atoms with Crippen molar-refractivity contribution in [2.75, 3.05) is 29.5 Å². The molecule has 4 rings (SSSR count). The van der Waals surface area contributed by atoms with E-state index in [-0.39, 0.29) is 24.3 Å². The number of amides is 3. The third kappa shape index (κ3) is 5.70. The number of nitrogens with zero attached hydrogens (tertiary/aromatic N) is 1. The number of urea groups is 1. The first-order chi connectivity index (χ1) is 17.4. The van der Waals surface area contributed by atoms with Crippen molar-refractivity contribution in [1.82, 2.24) is 5.32 Å². The highest BCUT2D eigenvalue weighted by molar-refractivity contribution is 7.92. The van der Waals surface area contributed by atoms with Gasteiger partial charge in [0.25, 0.3) is 0 Å². The minimum atomic E-state index is -3.45. The summed E-state index contributed by atoms with van der Waals surface area (Å²) in [5, 5.41) is 3.89. The molecule has 1 aliphatic heterocycles. The Morgan fingerprint density at radius 3 is 2.30 bits per heavy atom. The Morgan fingerprint density at radius 2 is 1.68 bits per heavy atom. The molecule has 3 aromatic carbocycles. The molecule has 0 radical (unpaired) electrons. The number of benzene rings is 3. The van der Waals surface area contributed by atoms with Gasteiger partial charge in [-0.1, -0.05) is 56.9 Å². The Labute approximate surface area is 217 Å². The molecule has 0 aliphatic carbocycles. The molecule has 8 nitrogen and oxygen atoms in total. The van der Waals surface area contributed by atoms with E-state index in [0.717, 1.165) is 22.6 Å². The lowest BCUT2D eigenvalue weighted by molar-refractivity contribution is -0.120. The molecule has 3 amide bonds. The molecule has 2 N–H and O–H groups in total. The zero-order chi connectivity index (χ0) is 27.0. The molecule has 1 aliphatic rings. The Balaban J connectivity index is 1.87. The standard InChI is InChI=1S/C28H29N3O5S/c1-28(2,3)23-17-20(31-15-14-25(32)29-27(31)33)16-19(26(23)36-4)11-10-18-12-13-24(30-37(5,34)35)22-9-7-6-8-21(18)22/h6-9,12-13,16-17,30H,14-15H2,1-5H3,(H,29,32,33). The summed E-state index contributed by atoms with van der Waals surface area (Å²) >= 11 is 0. The van der Waals surface area contributed by atoms with Crippen LogP contribution in [0.3, 0.4) is 0 Å². The van der Waals surface area contributed by atoms with E-state index >= 15 is 0 Å². The molecule has 37 heavy (non-hydrogen) atoms. The van der Waals surface area contributed by atoms with E-state index in [1.54, 1.807) is 25.3 Å². The fourth-order valence-corrected chi connectivity index (χ4v) is 4.86. The first-order valence-corrected chi connectivity index (χ1v) is 13.6. The van der Waals surface area contributed by atoms with E-state index in [4.69, 9.17) is 4.74 Å². The summed E-state index contributed by atoms with van der Waals surface area (Å²) in [5.41, 5.74) is 2.96. The Morgan fingerprint density at radius 1 is 1.00 bits per heavy atom. The van der Waals surface area contributed by atoms with Crippen molar-refractivity contribution in [3.05, 3.63) is 65.2 Å². The number of carbonyl (C=O) groups is 2. The van der Waals surface area contributed by atoms with Crippen LogP contribution in [0.1, 0.15) is 43.9 Å². The van der Waals surface area contributed by atoms with Crippen LogP contribution < -0.4 is 19.7 Å². The van der Waals surface area contributed by atoms with Crippen molar-refractivity contribution in [3.8, 4) is 17.6 Å². The fraction of sp³-hybridized carbons (Fsp3) is 0.286. The third-order valence-electron chi connectivity index (χ3n) is 6.00. The molecule has 1 fully saturated rings. The molecule has 9 heteroatoms. The molecular formula is C28H29N3O5S. The topological polar surface area (TPSA) is 105 Å². The van der Waals surface area contributed by atoms with E-state index < -0.39 is 16.1 Å². The minimum absolute atomic E-state index is 0.212. The second-order valence-electron chi connectivity index (χ2n) is 9.91. The zero-order valence-electron chi connectivity index (χ0n) is 21.4. The monoisotopic (exact) mass is 519 g/mol. The van der Waals surface area contributed by atoms with E-state index in [1.807, 2.05) is 51.1 Å². The second-order valence-corrected chi connectivity index (χ2v) is 11.7. The second kappa shape index (κ2) is 9.79. The van der Waals surface area contributed by atoms with Crippen LogP contribution in [0.15, 0.2) is 48.5 Å². The lowest BCUT2D eigenvalue weighted by atomic mass is 9.84. The number of methoxy groups -OCH3 is 1. The number of nitrogens with one attached hydrogen (secondary N) is 2. The highest BCUT2D eigenvalue weighted by Gasteiger charge is 2.28. The van der Waals surface area contributed by atoms with Crippen molar-refractivity contribution >= 4 is 44.1 Å². The average molecular weight is 520 g/mol. The number of ether oxygens (including phenoxy) is 1. The molecule has 0 unspecified atom stereocenters. The van der Waals surface area contributed by atoms with Crippen LogP contribution >= 0.6 is 0 Å². The summed E-state index contributed by atoms with van der Waals surface area (Å²) in [7, 11) is -1.86. The maximum absolute atomic E-state index is 12.6. The smallest absolute Gasteiger partial charge is 0.328 e. The molecule has 0 saturated carbocycles. The first-order valence-electron chi connectivity index (χ1n) is 11.7. The molecule has 0 aromatic heterocycles. The van der Waals surface area contributed by atoms with Gasteiger partial charge in [0.2, 0.25) is 15.9 Å². The number of carbonyl (C=O) groups excluding carboxylic acids is 2. The minimum Gasteiger partial charge on any atom is -0.495 e. The van der Waals surface area contributed by atoms with Gasteiger partial charge in [-0.2, -0.15) is 0 Å². The summed E-state index contributed by atoms with van der Waals surface area (Å²) in [6.45, 7) is 6.42. The Bertz CT molecular complexity index is 1580. The molecule has 0 spiro atoms. The van der Waals surface area contributed by atoms with Gasteiger partial charge in [-0.05, 0) is 35.1 Å². The Kier molecular flexibility index (Phi) is 6.89. The van der Waals surface area contributed by atoms with Crippen LogP contribution in [0.4, 0.5) is 16.2 Å². The highest BCUT2D eigenvalue weighted by Crippen LogP contribution is 2.38. The van der Waals surface area contributed by atoms with Gasteiger partial charge in [0.1, 0.15) is 5.75 Å². The van der Waals surface area contributed by atoms with Gasteiger partial charge in [0.15, 0.2) is 0 Å². The van der Waals surface area contributed by atoms with Gasteiger partial charge < -0.3 is 4.74 Å². The van der Waals surface area contributed by atoms with Crippen LogP contribution in [0, 0.1) is 11.8 Å². The predicted octanol–water partition coefficient (Wildman–Crippen LogP) is 4.36. The van der Waals surface area contributed by atoms with E-state index in [0.29, 0.717) is 28.3 Å². The van der Waals surface area contributed by atoms with E-state index in [1.165, 1.54) is 4.90 Å². The maximum Gasteiger partial charge on any atom is 0.328 e. The molecule has 3 aromatic rings. The summed E-state index contributed by atoms with van der Waals surface area (Å²) in [6, 6.07) is 14.1. The summed E-state index contributed by atoms with van der Waals surface area (Å²) in [4.78, 5) is 25.8. The lowest BCUT2D eigenvalue weighted by Crippen LogP contribution is -2.49. The highest BCUT2D eigenvalue weighted by atomic mass is 32.2. The number of fused-ring (bicyclic) bond motifs is 1. The van der Waals surface area contributed by atoms with Crippen molar-refractivity contribution in [2.45, 2.75) is 32.6 Å².